The Morgan fingerprint density at radius 1 is 1.70 bits per heavy atom. The molecule has 1 fully saturated rings. The number of aromatic nitrogens is 2. The lowest BCUT2D eigenvalue weighted by atomic mass is 10.0. The van der Waals surface area contributed by atoms with Gasteiger partial charge in [0.25, 0.3) is 0 Å². The average molecular weight is 138 g/mol. The molecule has 1 atom stereocenters. The molecule has 10 heavy (non-hydrogen) atoms. The van der Waals surface area contributed by atoms with E-state index in [2.05, 4.69) is 10.2 Å². The summed E-state index contributed by atoms with van der Waals surface area (Å²) in [4.78, 5) is 0. The summed E-state index contributed by atoms with van der Waals surface area (Å²) in [5, 5.41) is 6.69. The molecule has 1 aromatic heterocycles. The second-order valence-electron chi connectivity index (χ2n) is 2.59. The molecular weight excluding hydrogens is 128 g/mol. The van der Waals surface area contributed by atoms with Crippen LogP contribution in [0.4, 0.5) is 0 Å². The van der Waals surface area contributed by atoms with Crippen molar-refractivity contribution in [2.75, 3.05) is 13.2 Å². The predicted octanol–water partition coefficient (Wildman–Crippen LogP) is 0.914. The Bertz CT molecular complexity index is 189. The van der Waals surface area contributed by atoms with Crippen LogP contribution in [0.25, 0.3) is 0 Å². The first kappa shape index (κ1) is 5.92. The Hall–Kier alpha value is -0.830. The van der Waals surface area contributed by atoms with Gasteiger partial charge in [-0.15, -0.1) is 0 Å². The first-order chi connectivity index (χ1) is 4.97. The minimum absolute atomic E-state index is 0.582. The first-order valence-corrected chi connectivity index (χ1v) is 3.53. The van der Waals surface area contributed by atoms with Crippen LogP contribution in [0, 0.1) is 0 Å². The van der Waals surface area contributed by atoms with Crippen LogP contribution in [-0.2, 0) is 4.74 Å². The number of nitrogens with one attached hydrogen (secondary N) is 1. The van der Waals surface area contributed by atoms with Gasteiger partial charge in [-0.2, -0.15) is 5.10 Å². The van der Waals surface area contributed by atoms with E-state index in [0.29, 0.717) is 5.92 Å². The van der Waals surface area contributed by atoms with E-state index in [9.17, 15) is 0 Å². The lowest BCUT2D eigenvalue weighted by Crippen LogP contribution is -1.94. The van der Waals surface area contributed by atoms with Crippen LogP contribution in [-0.4, -0.2) is 23.4 Å². The van der Waals surface area contributed by atoms with Crippen molar-refractivity contribution in [2.24, 2.45) is 0 Å². The molecule has 0 radical (unpaired) electrons. The lowest BCUT2D eigenvalue weighted by molar-refractivity contribution is 0.194. The molecule has 1 aliphatic heterocycles. The molecule has 1 aromatic rings. The van der Waals surface area contributed by atoms with Gasteiger partial charge in [-0.25, -0.2) is 0 Å². The molecule has 1 unspecified atom stereocenters. The summed E-state index contributed by atoms with van der Waals surface area (Å²) in [7, 11) is 0. The summed E-state index contributed by atoms with van der Waals surface area (Å²) in [6.45, 7) is 1.76. The van der Waals surface area contributed by atoms with E-state index in [-0.39, 0.29) is 0 Å². The molecule has 2 heterocycles. The van der Waals surface area contributed by atoms with Crippen LogP contribution < -0.4 is 0 Å². The van der Waals surface area contributed by atoms with E-state index in [0.717, 1.165) is 19.6 Å². The maximum Gasteiger partial charge on any atom is 0.0536 e. The Labute approximate surface area is 59.4 Å². The van der Waals surface area contributed by atoms with Crippen molar-refractivity contribution in [1.29, 1.82) is 0 Å². The van der Waals surface area contributed by atoms with Gasteiger partial charge in [0.05, 0.1) is 12.8 Å². The van der Waals surface area contributed by atoms with Gasteiger partial charge in [0.2, 0.25) is 0 Å². The molecule has 1 saturated heterocycles. The zero-order chi connectivity index (χ0) is 6.81. The van der Waals surface area contributed by atoms with Gasteiger partial charge in [0.1, 0.15) is 0 Å². The molecular formula is C7H10N2O. The van der Waals surface area contributed by atoms with Gasteiger partial charge in [-0.05, 0) is 12.0 Å². The standard InChI is InChI=1S/C7H10N2O/c1-2-10-5-6(1)7-3-8-9-4-7/h3-4,6H,1-2,5H2,(H,8,9). The van der Waals surface area contributed by atoms with Gasteiger partial charge in [-0.3, -0.25) is 5.10 Å². The molecule has 2 rings (SSSR count). The van der Waals surface area contributed by atoms with E-state index in [1.807, 2.05) is 12.4 Å². The third kappa shape index (κ3) is 0.926. The van der Waals surface area contributed by atoms with Crippen LogP contribution in [0.5, 0.6) is 0 Å². The normalized spacial score (nSPS) is 25.4. The third-order valence-electron chi connectivity index (χ3n) is 1.92. The van der Waals surface area contributed by atoms with Gasteiger partial charge in [0.15, 0.2) is 0 Å². The van der Waals surface area contributed by atoms with Crippen LogP contribution >= 0.6 is 0 Å². The predicted molar refractivity (Wildman–Crippen MR) is 36.8 cm³/mol. The smallest absolute Gasteiger partial charge is 0.0536 e. The summed E-state index contributed by atoms with van der Waals surface area (Å²) in [5.41, 5.74) is 1.28. The Morgan fingerprint density at radius 2 is 2.70 bits per heavy atom. The van der Waals surface area contributed by atoms with Gasteiger partial charge >= 0.3 is 0 Å². The molecule has 0 aromatic carbocycles. The summed E-state index contributed by atoms with van der Waals surface area (Å²) in [6, 6.07) is 0. The van der Waals surface area contributed by atoms with Crippen LogP contribution in [0.3, 0.4) is 0 Å². The molecule has 0 aliphatic carbocycles. The van der Waals surface area contributed by atoms with Crippen molar-refractivity contribution in [2.45, 2.75) is 12.3 Å². The molecule has 0 bridgehead atoms. The molecule has 54 valence electrons. The Morgan fingerprint density at radius 3 is 3.30 bits per heavy atom. The summed E-state index contributed by atoms with van der Waals surface area (Å²) >= 11 is 0. The van der Waals surface area contributed by atoms with Crippen molar-refractivity contribution >= 4 is 0 Å². The van der Waals surface area contributed by atoms with Crippen molar-refractivity contribution < 1.29 is 4.74 Å². The second-order valence-corrected chi connectivity index (χ2v) is 2.59. The molecule has 1 N–H and O–H groups in total. The molecule has 1 aliphatic rings. The number of hydrogen-bond acceptors (Lipinski definition) is 2. The molecule has 0 spiro atoms. The second kappa shape index (κ2) is 2.42. The number of nitrogens with zero attached hydrogens (tertiary/aromatic N) is 1. The summed E-state index contributed by atoms with van der Waals surface area (Å²) < 4.78 is 5.24. The van der Waals surface area contributed by atoms with Gasteiger partial charge in [-0.1, -0.05) is 0 Å². The maximum atomic E-state index is 5.24. The highest BCUT2D eigenvalue weighted by atomic mass is 16.5. The fourth-order valence-corrected chi connectivity index (χ4v) is 1.28. The minimum atomic E-state index is 0.582. The number of aromatic amines is 1. The number of hydrogen-bond donors (Lipinski definition) is 1. The minimum Gasteiger partial charge on any atom is -0.381 e. The number of H-pyrrole nitrogens is 1. The van der Waals surface area contributed by atoms with E-state index >= 15 is 0 Å². The maximum absolute atomic E-state index is 5.24. The van der Waals surface area contributed by atoms with Crippen LogP contribution in [0.2, 0.25) is 0 Å². The van der Waals surface area contributed by atoms with Gasteiger partial charge < -0.3 is 4.74 Å². The zero-order valence-corrected chi connectivity index (χ0v) is 5.71. The van der Waals surface area contributed by atoms with E-state index in [4.69, 9.17) is 4.74 Å². The Kier molecular flexibility index (Phi) is 1.43. The number of rotatable bonds is 1. The summed E-state index contributed by atoms with van der Waals surface area (Å²) in [5.74, 6) is 0.582. The average Bonchev–Trinajstić information content (AvgIpc) is 2.59. The topological polar surface area (TPSA) is 37.9 Å². The summed E-state index contributed by atoms with van der Waals surface area (Å²) in [6.07, 6.45) is 4.96. The Balaban J connectivity index is 2.12. The molecule has 0 saturated carbocycles. The van der Waals surface area contributed by atoms with E-state index in [1.165, 1.54) is 5.56 Å². The molecule has 3 heteroatoms. The third-order valence-corrected chi connectivity index (χ3v) is 1.92. The molecule has 0 amide bonds. The fraction of sp³-hybridized carbons (Fsp3) is 0.571. The fourth-order valence-electron chi connectivity index (χ4n) is 1.28. The van der Waals surface area contributed by atoms with Crippen molar-refractivity contribution in [3.63, 3.8) is 0 Å². The highest BCUT2D eigenvalue weighted by Gasteiger charge is 2.17. The highest BCUT2D eigenvalue weighted by molar-refractivity contribution is 5.11. The van der Waals surface area contributed by atoms with Gasteiger partial charge in [0, 0.05) is 18.7 Å². The monoisotopic (exact) mass is 138 g/mol. The van der Waals surface area contributed by atoms with Crippen molar-refractivity contribution in [3.05, 3.63) is 18.0 Å². The van der Waals surface area contributed by atoms with Crippen LogP contribution in [0.1, 0.15) is 17.9 Å². The van der Waals surface area contributed by atoms with E-state index < -0.39 is 0 Å². The quantitative estimate of drug-likeness (QED) is 0.626. The van der Waals surface area contributed by atoms with E-state index in [1.54, 1.807) is 0 Å². The largest absolute Gasteiger partial charge is 0.381 e. The number of ether oxygens (including phenoxy) is 1. The highest BCUT2D eigenvalue weighted by Crippen LogP contribution is 2.23. The van der Waals surface area contributed by atoms with Crippen LogP contribution in [0.15, 0.2) is 12.4 Å². The lowest BCUT2D eigenvalue weighted by Gasteiger charge is -2.00. The first-order valence-electron chi connectivity index (χ1n) is 3.53. The molecule has 3 nitrogen and oxygen atoms in total. The van der Waals surface area contributed by atoms with Crippen molar-refractivity contribution in [1.82, 2.24) is 10.2 Å². The zero-order valence-electron chi connectivity index (χ0n) is 5.71. The SMILES string of the molecule is c1n[nH]cc1C1CCOC1. The van der Waals surface area contributed by atoms with Crippen molar-refractivity contribution in [3.8, 4) is 0 Å².